The first-order valence-corrected chi connectivity index (χ1v) is 7.04. The van der Waals surface area contributed by atoms with Crippen LogP contribution in [0.1, 0.15) is 11.1 Å². The van der Waals surface area contributed by atoms with E-state index < -0.39 is 0 Å². The Labute approximate surface area is 126 Å². The molecule has 21 heavy (non-hydrogen) atoms. The minimum atomic E-state index is 0.722. The molecule has 0 unspecified atom stereocenters. The Bertz CT molecular complexity index is 516. The summed E-state index contributed by atoms with van der Waals surface area (Å²) in [6.07, 6.45) is 5.58. The predicted molar refractivity (Wildman–Crippen MR) is 84.2 cm³/mol. The van der Waals surface area contributed by atoms with E-state index in [0.717, 1.165) is 32.1 Å². The molecule has 2 aromatic rings. The number of pyridine rings is 2. The minimum absolute atomic E-state index is 0.722. The maximum atomic E-state index is 5.00. The highest BCUT2D eigenvalue weighted by Gasteiger charge is 2.03. The van der Waals surface area contributed by atoms with Crippen LogP contribution in [0.25, 0.3) is 0 Å². The fourth-order valence-corrected chi connectivity index (χ4v) is 2.00. The quantitative estimate of drug-likeness (QED) is 0.751. The van der Waals surface area contributed by atoms with E-state index >= 15 is 0 Å². The van der Waals surface area contributed by atoms with Crippen LogP contribution in [-0.4, -0.2) is 37.3 Å². The monoisotopic (exact) mass is 286 g/mol. The Morgan fingerprint density at radius 2 is 2.10 bits per heavy atom. The molecule has 5 nitrogen and oxygen atoms in total. The molecule has 5 heteroatoms. The summed E-state index contributed by atoms with van der Waals surface area (Å²) in [7, 11) is 3.74. The highest BCUT2D eigenvalue weighted by Crippen LogP contribution is 2.12. The van der Waals surface area contributed by atoms with Gasteiger partial charge in [-0.15, -0.1) is 0 Å². The van der Waals surface area contributed by atoms with E-state index in [1.165, 1.54) is 11.1 Å². The third-order valence-corrected chi connectivity index (χ3v) is 3.15. The lowest BCUT2D eigenvalue weighted by Gasteiger charge is -2.18. The van der Waals surface area contributed by atoms with Gasteiger partial charge in [-0.05, 0) is 23.3 Å². The normalized spacial score (nSPS) is 10.6. The van der Waals surface area contributed by atoms with Crippen LogP contribution in [-0.2, 0) is 17.8 Å². The first-order chi connectivity index (χ1) is 10.3. The van der Waals surface area contributed by atoms with Crippen LogP contribution in [0.4, 0.5) is 5.82 Å². The smallest absolute Gasteiger partial charge is 0.128 e. The third-order valence-electron chi connectivity index (χ3n) is 3.15. The van der Waals surface area contributed by atoms with Gasteiger partial charge in [-0.2, -0.15) is 0 Å². The number of nitrogens with zero attached hydrogens (tertiary/aromatic N) is 3. The Morgan fingerprint density at radius 3 is 2.76 bits per heavy atom. The molecule has 0 saturated carbocycles. The number of nitrogens with one attached hydrogen (secondary N) is 1. The summed E-state index contributed by atoms with van der Waals surface area (Å²) in [6.45, 7) is 3.17. The Hall–Kier alpha value is -1.98. The number of hydrogen-bond donors (Lipinski definition) is 1. The summed E-state index contributed by atoms with van der Waals surface area (Å²) in [5.74, 6) is 0.958. The molecule has 2 rings (SSSR count). The van der Waals surface area contributed by atoms with Crippen LogP contribution in [0, 0.1) is 0 Å². The number of hydrogen-bond acceptors (Lipinski definition) is 5. The molecule has 0 spiro atoms. The minimum Gasteiger partial charge on any atom is -0.383 e. The van der Waals surface area contributed by atoms with Gasteiger partial charge in [-0.1, -0.05) is 12.1 Å². The van der Waals surface area contributed by atoms with Crippen molar-refractivity contribution < 1.29 is 4.74 Å². The van der Waals surface area contributed by atoms with Crippen molar-refractivity contribution in [2.24, 2.45) is 0 Å². The molecule has 0 bridgehead atoms. The summed E-state index contributed by atoms with van der Waals surface area (Å²) in [4.78, 5) is 10.7. The molecule has 0 aliphatic heterocycles. The molecular formula is C16H22N4O. The molecule has 2 aromatic heterocycles. The lowest BCUT2D eigenvalue weighted by atomic mass is 10.2. The van der Waals surface area contributed by atoms with Crippen molar-refractivity contribution in [3.8, 4) is 0 Å². The largest absolute Gasteiger partial charge is 0.383 e. The van der Waals surface area contributed by atoms with Crippen molar-refractivity contribution in [2.75, 3.05) is 32.2 Å². The highest BCUT2D eigenvalue weighted by molar-refractivity contribution is 5.39. The molecule has 0 radical (unpaired) electrons. The summed E-state index contributed by atoms with van der Waals surface area (Å²) in [5, 5.41) is 3.30. The average molecular weight is 286 g/mol. The Morgan fingerprint density at radius 1 is 1.19 bits per heavy atom. The SMILES string of the molecule is COCCNCc1ccc(N(C)Cc2cccnc2)nc1. The van der Waals surface area contributed by atoms with Gasteiger partial charge >= 0.3 is 0 Å². The summed E-state index contributed by atoms with van der Waals surface area (Å²) in [5.41, 5.74) is 2.34. The lowest BCUT2D eigenvalue weighted by Crippen LogP contribution is -2.20. The Kier molecular flexibility index (Phi) is 6.12. The fourth-order valence-electron chi connectivity index (χ4n) is 2.00. The van der Waals surface area contributed by atoms with Crippen molar-refractivity contribution >= 4 is 5.82 Å². The molecule has 0 aliphatic carbocycles. The fraction of sp³-hybridized carbons (Fsp3) is 0.375. The summed E-state index contributed by atoms with van der Waals surface area (Å²) >= 11 is 0. The molecule has 0 fully saturated rings. The van der Waals surface area contributed by atoms with E-state index in [0.29, 0.717) is 0 Å². The number of anilines is 1. The van der Waals surface area contributed by atoms with Crippen LogP contribution in [0.2, 0.25) is 0 Å². The molecule has 1 N–H and O–H groups in total. The topological polar surface area (TPSA) is 50.3 Å². The van der Waals surface area contributed by atoms with Crippen LogP contribution in [0.3, 0.4) is 0 Å². The zero-order valence-corrected chi connectivity index (χ0v) is 12.6. The summed E-state index contributed by atoms with van der Waals surface area (Å²) in [6, 6.07) is 8.16. The van der Waals surface area contributed by atoms with Gasteiger partial charge < -0.3 is 15.0 Å². The zero-order chi connectivity index (χ0) is 14.9. The van der Waals surface area contributed by atoms with Crippen molar-refractivity contribution in [2.45, 2.75) is 13.1 Å². The second-order valence-electron chi connectivity index (χ2n) is 4.91. The lowest BCUT2D eigenvalue weighted by molar-refractivity contribution is 0.199. The highest BCUT2D eigenvalue weighted by atomic mass is 16.5. The van der Waals surface area contributed by atoms with Gasteiger partial charge in [0.05, 0.1) is 6.61 Å². The maximum absolute atomic E-state index is 5.00. The second kappa shape index (κ2) is 8.34. The second-order valence-corrected chi connectivity index (χ2v) is 4.91. The molecule has 0 aromatic carbocycles. The van der Waals surface area contributed by atoms with Crippen LogP contribution < -0.4 is 10.2 Å². The van der Waals surface area contributed by atoms with Gasteiger partial charge in [0, 0.05) is 52.4 Å². The number of aromatic nitrogens is 2. The first-order valence-electron chi connectivity index (χ1n) is 7.04. The van der Waals surface area contributed by atoms with Gasteiger partial charge in [0.25, 0.3) is 0 Å². The van der Waals surface area contributed by atoms with Gasteiger partial charge in [-0.3, -0.25) is 4.98 Å². The van der Waals surface area contributed by atoms with Gasteiger partial charge in [-0.25, -0.2) is 4.98 Å². The predicted octanol–water partition coefficient (Wildman–Crippen LogP) is 1.85. The Balaban J connectivity index is 1.86. The van der Waals surface area contributed by atoms with Crippen LogP contribution >= 0.6 is 0 Å². The molecule has 0 atom stereocenters. The van der Waals surface area contributed by atoms with E-state index in [9.17, 15) is 0 Å². The molecule has 0 saturated heterocycles. The van der Waals surface area contributed by atoms with Crippen molar-refractivity contribution in [3.05, 3.63) is 54.0 Å². The third kappa shape index (κ3) is 5.13. The summed E-state index contributed by atoms with van der Waals surface area (Å²) < 4.78 is 5.00. The first kappa shape index (κ1) is 15.4. The zero-order valence-electron chi connectivity index (χ0n) is 12.6. The molecular weight excluding hydrogens is 264 g/mol. The number of methoxy groups -OCH3 is 1. The number of ether oxygens (including phenoxy) is 1. The molecule has 0 amide bonds. The van der Waals surface area contributed by atoms with Crippen molar-refractivity contribution in [3.63, 3.8) is 0 Å². The maximum Gasteiger partial charge on any atom is 0.128 e. The molecule has 112 valence electrons. The standard InChI is InChI=1S/C16H22N4O/c1-20(13-15-4-3-7-17-11-15)16-6-5-14(12-19-16)10-18-8-9-21-2/h3-7,11-12,18H,8-10,13H2,1-2H3. The van der Waals surface area contributed by atoms with Crippen LogP contribution in [0.5, 0.6) is 0 Å². The molecule has 2 heterocycles. The van der Waals surface area contributed by atoms with Gasteiger partial charge in [0.1, 0.15) is 5.82 Å². The van der Waals surface area contributed by atoms with E-state index in [4.69, 9.17) is 4.74 Å². The van der Waals surface area contributed by atoms with E-state index in [2.05, 4.69) is 32.3 Å². The van der Waals surface area contributed by atoms with Gasteiger partial charge in [0.15, 0.2) is 0 Å². The van der Waals surface area contributed by atoms with E-state index in [-0.39, 0.29) is 0 Å². The van der Waals surface area contributed by atoms with E-state index in [1.807, 2.05) is 31.6 Å². The van der Waals surface area contributed by atoms with Crippen molar-refractivity contribution in [1.29, 1.82) is 0 Å². The van der Waals surface area contributed by atoms with E-state index in [1.54, 1.807) is 13.3 Å². The van der Waals surface area contributed by atoms with Crippen LogP contribution in [0.15, 0.2) is 42.9 Å². The van der Waals surface area contributed by atoms with Gasteiger partial charge in [0.2, 0.25) is 0 Å². The average Bonchev–Trinajstić information content (AvgIpc) is 2.53. The number of rotatable bonds is 8. The van der Waals surface area contributed by atoms with Crippen molar-refractivity contribution in [1.82, 2.24) is 15.3 Å². The molecule has 0 aliphatic rings.